The Morgan fingerprint density at radius 3 is 2.91 bits per heavy atom. The smallest absolute Gasteiger partial charge is 0.229 e. The summed E-state index contributed by atoms with van der Waals surface area (Å²) in [4.78, 5) is 20.1. The minimum absolute atomic E-state index is 0.0848. The van der Waals surface area contributed by atoms with E-state index in [1.54, 1.807) is 18.2 Å². The van der Waals surface area contributed by atoms with Crippen LogP contribution in [0.15, 0.2) is 47.6 Å². The van der Waals surface area contributed by atoms with E-state index < -0.39 is 5.82 Å². The van der Waals surface area contributed by atoms with Crippen LogP contribution >= 0.6 is 0 Å². The molecule has 3 aromatic rings. The highest BCUT2D eigenvalue weighted by Gasteiger charge is 2.18. The van der Waals surface area contributed by atoms with Crippen molar-refractivity contribution in [1.29, 1.82) is 0 Å². The largest absolute Gasteiger partial charge is 0.505 e. The molecule has 2 heterocycles. The van der Waals surface area contributed by atoms with Crippen LogP contribution in [-0.4, -0.2) is 26.8 Å². The normalized spacial score (nSPS) is 11.4. The van der Waals surface area contributed by atoms with Gasteiger partial charge in [-0.25, -0.2) is 9.37 Å². The predicted octanol–water partition coefficient (Wildman–Crippen LogP) is 3.29. The van der Waals surface area contributed by atoms with E-state index in [4.69, 9.17) is 0 Å². The lowest BCUT2D eigenvalue weighted by atomic mass is 10.3. The molecule has 0 atom stereocenters. The molecule has 6 heteroatoms. The van der Waals surface area contributed by atoms with Crippen molar-refractivity contribution >= 4 is 28.8 Å². The van der Waals surface area contributed by atoms with Gasteiger partial charge in [0.05, 0.1) is 17.3 Å². The van der Waals surface area contributed by atoms with Crippen LogP contribution in [0, 0.1) is 5.82 Å². The number of halogens is 1. The summed E-state index contributed by atoms with van der Waals surface area (Å²) in [6.45, 7) is 1.37. The second kappa shape index (κ2) is 5.40. The van der Waals surface area contributed by atoms with Crippen molar-refractivity contribution in [3.63, 3.8) is 0 Å². The fourth-order valence-corrected chi connectivity index (χ4v) is 2.25. The highest BCUT2D eigenvalue weighted by atomic mass is 19.1. The van der Waals surface area contributed by atoms with Gasteiger partial charge in [0.1, 0.15) is 11.5 Å². The zero-order chi connectivity index (χ0) is 15.7. The molecule has 1 aromatic carbocycles. The number of rotatable bonds is 2. The number of aliphatic imine (C=N–C) groups is 1. The van der Waals surface area contributed by atoms with Gasteiger partial charge in [-0.1, -0.05) is 6.07 Å². The lowest BCUT2D eigenvalue weighted by Crippen LogP contribution is -2.09. The minimum Gasteiger partial charge on any atom is -0.505 e. The highest BCUT2D eigenvalue weighted by Crippen LogP contribution is 2.30. The molecule has 0 saturated carbocycles. The Bertz CT molecular complexity index is 900. The number of hydrogen-bond donors (Lipinski definition) is 1. The summed E-state index contributed by atoms with van der Waals surface area (Å²) in [5.74, 6) is -0.796. The first-order chi connectivity index (χ1) is 10.6. The van der Waals surface area contributed by atoms with Crippen LogP contribution in [0.1, 0.15) is 17.4 Å². The fourth-order valence-electron chi connectivity index (χ4n) is 2.25. The third-order valence-electron chi connectivity index (χ3n) is 3.20. The average Bonchev–Trinajstić information content (AvgIpc) is 2.78. The van der Waals surface area contributed by atoms with Crippen molar-refractivity contribution in [3.05, 3.63) is 54.1 Å². The van der Waals surface area contributed by atoms with Gasteiger partial charge in [0.2, 0.25) is 5.91 Å². The molecule has 0 aliphatic carbocycles. The molecule has 2 aromatic heterocycles. The molecule has 0 spiro atoms. The van der Waals surface area contributed by atoms with Crippen molar-refractivity contribution in [3.8, 4) is 5.75 Å². The Kier molecular flexibility index (Phi) is 3.42. The van der Waals surface area contributed by atoms with E-state index in [1.807, 2.05) is 0 Å². The van der Waals surface area contributed by atoms with E-state index in [9.17, 15) is 14.3 Å². The Hall–Kier alpha value is -3.02. The highest BCUT2D eigenvalue weighted by molar-refractivity contribution is 6.03. The van der Waals surface area contributed by atoms with Crippen LogP contribution in [0.25, 0.3) is 11.0 Å². The van der Waals surface area contributed by atoms with Crippen molar-refractivity contribution in [1.82, 2.24) is 9.55 Å². The lowest BCUT2D eigenvalue weighted by molar-refractivity contribution is 0.0940. The molecule has 22 heavy (non-hydrogen) atoms. The number of nitrogens with zero attached hydrogens (tertiary/aromatic N) is 3. The van der Waals surface area contributed by atoms with E-state index in [2.05, 4.69) is 9.98 Å². The van der Waals surface area contributed by atoms with E-state index in [0.717, 1.165) is 0 Å². The van der Waals surface area contributed by atoms with Crippen molar-refractivity contribution in [2.24, 2.45) is 4.99 Å². The summed E-state index contributed by atoms with van der Waals surface area (Å²) >= 11 is 0. The molecule has 110 valence electrons. The van der Waals surface area contributed by atoms with Gasteiger partial charge >= 0.3 is 0 Å². The monoisotopic (exact) mass is 297 g/mol. The second-order valence-electron chi connectivity index (χ2n) is 4.70. The van der Waals surface area contributed by atoms with Crippen LogP contribution in [-0.2, 0) is 0 Å². The molecule has 0 unspecified atom stereocenters. The van der Waals surface area contributed by atoms with Gasteiger partial charge in [-0.15, -0.1) is 0 Å². The van der Waals surface area contributed by atoms with E-state index in [0.29, 0.717) is 16.7 Å². The summed E-state index contributed by atoms with van der Waals surface area (Å²) in [6, 6.07) is 9.05. The van der Waals surface area contributed by atoms with Crippen LogP contribution < -0.4 is 0 Å². The topological polar surface area (TPSA) is 67.5 Å². The van der Waals surface area contributed by atoms with Gasteiger partial charge in [-0.3, -0.25) is 14.4 Å². The van der Waals surface area contributed by atoms with Gasteiger partial charge in [0.25, 0.3) is 0 Å². The Morgan fingerprint density at radius 2 is 2.18 bits per heavy atom. The molecular formula is C16H12FN3O2. The first-order valence-corrected chi connectivity index (χ1v) is 6.57. The number of benzene rings is 1. The first-order valence-electron chi connectivity index (χ1n) is 6.57. The summed E-state index contributed by atoms with van der Waals surface area (Å²) in [5, 5.41) is 10.7. The quantitative estimate of drug-likeness (QED) is 0.738. The maximum Gasteiger partial charge on any atom is 0.229 e. The summed E-state index contributed by atoms with van der Waals surface area (Å²) in [6.07, 6.45) is 2.86. The van der Waals surface area contributed by atoms with Crippen molar-refractivity contribution < 1.29 is 14.3 Å². The lowest BCUT2D eigenvalue weighted by Gasteiger charge is -2.01. The molecule has 0 saturated heterocycles. The van der Waals surface area contributed by atoms with E-state index in [1.165, 1.54) is 42.1 Å². The van der Waals surface area contributed by atoms with Gasteiger partial charge in [0, 0.05) is 13.1 Å². The zero-order valence-corrected chi connectivity index (χ0v) is 11.7. The molecule has 0 aliphatic rings. The van der Waals surface area contributed by atoms with Crippen LogP contribution in [0.3, 0.4) is 0 Å². The Labute approximate surface area is 125 Å². The van der Waals surface area contributed by atoms with Gasteiger partial charge in [-0.2, -0.15) is 0 Å². The van der Waals surface area contributed by atoms with Gasteiger partial charge in [-0.05, 0) is 30.3 Å². The molecule has 5 nitrogen and oxygen atoms in total. The number of aromatic hydroxyl groups is 1. The number of aromatic nitrogens is 2. The molecule has 0 fully saturated rings. The molecule has 0 bridgehead atoms. The minimum atomic E-state index is -0.410. The zero-order valence-electron chi connectivity index (χ0n) is 11.7. The van der Waals surface area contributed by atoms with Gasteiger partial charge in [0.15, 0.2) is 11.4 Å². The van der Waals surface area contributed by atoms with Crippen LogP contribution in [0.4, 0.5) is 10.1 Å². The molecule has 1 N–H and O–H groups in total. The van der Waals surface area contributed by atoms with Crippen molar-refractivity contribution in [2.45, 2.75) is 6.92 Å². The van der Waals surface area contributed by atoms with E-state index in [-0.39, 0.29) is 17.4 Å². The fraction of sp³-hybridized carbons (Fsp3) is 0.0625. The molecular weight excluding hydrogens is 285 g/mol. The average molecular weight is 297 g/mol. The SMILES string of the molecule is CC(=O)n1c(C=Nc2cccc(F)c2)c(O)c2cccnc21. The van der Waals surface area contributed by atoms with Crippen LogP contribution in [0.2, 0.25) is 0 Å². The maximum atomic E-state index is 13.2. The summed E-state index contributed by atoms with van der Waals surface area (Å²) < 4.78 is 14.4. The first kappa shape index (κ1) is 13.9. The number of carbonyl (C=O) groups excluding carboxylic acids is 1. The number of hydrogen-bond acceptors (Lipinski definition) is 4. The summed E-state index contributed by atoms with van der Waals surface area (Å²) in [7, 11) is 0. The summed E-state index contributed by atoms with van der Waals surface area (Å²) in [5.41, 5.74) is 0.950. The van der Waals surface area contributed by atoms with E-state index >= 15 is 0 Å². The number of fused-ring (bicyclic) bond motifs is 1. The molecule has 0 aliphatic heterocycles. The molecule has 0 amide bonds. The predicted molar refractivity (Wildman–Crippen MR) is 81.4 cm³/mol. The maximum absolute atomic E-state index is 13.2. The molecule has 3 rings (SSSR count). The number of carbonyl (C=O) groups is 1. The van der Waals surface area contributed by atoms with Gasteiger partial charge < -0.3 is 5.11 Å². The van der Waals surface area contributed by atoms with Crippen LogP contribution in [0.5, 0.6) is 5.75 Å². The second-order valence-corrected chi connectivity index (χ2v) is 4.70. The molecule has 0 radical (unpaired) electrons. The third-order valence-corrected chi connectivity index (χ3v) is 3.20. The third kappa shape index (κ3) is 2.35. The Morgan fingerprint density at radius 1 is 1.36 bits per heavy atom. The standard InChI is InChI=1S/C16H12FN3O2/c1-10(21)20-14(9-19-12-5-2-4-11(17)8-12)15(22)13-6-3-7-18-16(13)20/h2-9,22H,1H3. The Balaban J connectivity index is 2.16. The van der Waals surface area contributed by atoms with Crippen molar-refractivity contribution in [2.75, 3.05) is 0 Å². The number of pyridine rings is 1.